The van der Waals surface area contributed by atoms with E-state index >= 15 is 0 Å². The van der Waals surface area contributed by atoms with Crippen LogP contribution in [0.3, 0.4) is 0 Å². The first-order valence-electron chi connectivity index (χ1n) is 7.50. The van der Waals surface area contributed by atoms with E-state index in [1.807, 2.05) is 0 Å². The van der Waals surface area contributed by atoms with E-state index in [-0.39, 0.29) is 6.54 Å². The van der Waals surface area contributed by atoms with E-state index in [0.717, 1.165) is 5.56 Å². The molecular weight excluding hydrogens is 300 g/mol. The van der Waals surface area contributed by atoms with Gasteiger partial charge < -0.3 is 30.0 Å². The van der Waals surface area contributed by atoms with Gasteiger partial charge in [0.25, 0.3) is 0 Å². The number of rotatable bonds is 4. The van der Waals surface area contributed by atoms with E-state index < -0.39 is 17.7 Å². The van der Waals surface area contributed by atoms with Crippen molar-refractivity contribution in [2.24, 2.45) is 5.73 Å². The summed E-state index contributed by atoms with van der Waals surface area (Å²) < 4.78 is 21.6. The average molecular weight is 324 g/mol. The summed E-state index contributed by atoms with van der Waals surface area (Å²) in [7, 11) is 1.56. The normalized spacial score (nSPS) is 14.8. The molecule has 2 rings (SSSR count). The highest BCUT2D eigenvalue weighted by molar-refractivity contribution is 5.67. The smallest absolute Gasteiger partial charge is 0.407 e. The van der Waals surface area contributed by atoms with Gasteiger partial charge in [-0.05, 0) is 38.5 Å². The molecule has 1 aliphatic rings. The molecule has 1 aromatic rings. The first kappa shape index (κ1) is 17.2. The van der Waals surface area contributed by atoms with Crippen molar-refractivity contribution in [3.8, 4) is 17.2 Å². The molecule has 1 atom stereocenters. The van der Waals surface area contributed by atoms with Gasteiger partial charge >= 0.3 is 6.09 Å². The Bertz CT molecular complexity index is 551. The standard InChI is InChI=1S/C16H24N2O5/c1-16(2,3)23-15(19)18-9-11(17)10-7-12(20-4)14-13(8-10)21-5-6-22-14/h7-8,11H,5-6,9,17H2,1-4H3,(H,18,19). The number of carbonyl (C=O) groups is 1. The predicted molar refractivity (Wildman–Crippen MR) is 85.1 cm³/mol. The second-order valence-electron chi connectivity index (χ2n) is 6.24. The molecule has 0 radical (unpaired) electrons. The van der Waals surface area contributed by atoms with Gasteiger partial charge in [0.15, 0.2) is 11.5 Å². The van der Waals surface area contributed by atoms with Crippen LogP contribution in [0.2, 0.25) is 0 Å². The fourth-order valence-corrected chi connectivity index (χ4v) is 2.13. The lowest BCUT2D eigenvalue weighted by Crippen LogP contribution is -2.36. The van der Waals surface area contributed by atoms with Crippen molar-refractivity contribution >= 4 is 6.09 Å². The largest absolute Gasteiger partial charge is 0.493 e. The molecule has 3 N–H and O–H groups in total. The Labute approximate surface area is 136 Å². The van der Waals surface area contributed by atoms with Crippen molar-refractivity contribution < 1.29 is 23.7 Å². The lowest BCUT2D eigenvalue weighted by Gasteiger charge is -2.23. The zero-order valence-corrected chi connectivity index (χ0v) is 14.0. The monoisotopic (exact) mass is 324 g/mol. The molecule has 0 bridgehead atoms. The molecular formula is C16H24N2O5. The van der Waals surface area contributed by atoms with Crippen LogP contribution < -0.4 is 25.3 Å². The van der Waals surface area contributed by atoms with Crippen molar-refractivity contribution in [2.75, 3.05) is 26.9 Å². The molecule has 0 saturated carbocycles. The number of fused-ring (bicyclic) bond motifs is 1. The summed E-state index contributed by atoms with van der Waals surface area (Å²) in [5.74, 6) is 1.73. The molecule has 7 heteroatoms. The minimum atomic E-state index is -0.547. The number of nitrogens with one attached hydrogen (secondary N) is 1. The van der Waals surface area contributed by atoms with E-state index in [4.69, 9.17) is 24.7 Å². The minimum absolute atomic E-state index is 0.234. The van der Waals surface area contributed by atoms with Crippen LogP contribution in [0.25, 0.3) is 0 Å². The van der Waals surface area contributed by atoms with Crippen molar-refractivity contribution in [3.05, 3.63) is 17.7 Å². The Kier molecular flexibility index (Phi) is 5.20. The molecule has 0 aromatic heterocycles. The number of amides is 1. The van der Waals surface area contributed by atoms with Gasteiger partial charge in [0.1, 0.15) is 18.8 Å². The Hall–Kier alpha value is -2.15. The Morgan fingerprint density at radius 3 is 2.70 bits per heavy atom. The quantitative estimate of drug-likeness (QED) is 0.880. The van der Waals surface area contributed by atoms with Gasteiger partial charge in [-0.3, -0.25) is 0 Å². The van der Waals surface area contributed by atoms with Gasteiger partial charge in [-0.15, -0.1) is 0 Å². The van der Waals surface area contributed by atoms with Crippen molar-refractivity contribution in [3.63, 3.8) is 0 Å². The number of methoxy groups -OCH3 is 1. The molecule has 1 aromatic carbocycles. The molecule has 1 amide bonds. The molecule has 0 fully saturated rings. The van der Waals surface area contributed by atoms with Gasteiger partial charge in [0, 0.05) is 12.6 Å². The highest BCUT2D eigenvalue weighted by Crippen LogP contribution is 2.41. The zero-order valence-electron chi connectivity index (χ0n) is 14.0. The topological polar surface area (TPSA) is 92.0 Å². The van der Waals surface area contributed by atoms with Crippen LogP contribution in [0.5, 0.6) is 17.2 Å². The molecule has 1 unspecified atom stereocenters. The van der Waals surface area contributed by atoms with Crippen LogP contribution in [-0.4, -0.2) is 38.6 Å². The maximum atomic E-state index is 11.7. The van der Waals surface area contributed by atoms with Gasteiger partial charge in [-0.1, -0.05) is 0 Å². The second kappa shape index (κ2) is 6.95. The first-order chi connectivity index (χ1) is 10.8. The maximum absolute atomic E-state index is 11.7. The number of carbonyl (C=O) groups excluding carboxylic acids is 1. The van der Waals surface area contributed by atoms with Crippen LogP contribution in [-0.2, 0) is 4.74 Å². The van der Waals surface area contributed by atoms with Gasteiger partial charge in [0.2, 0.25) is 5.75 Å². The van der Waals surface area contributed by atoms with E-state index in [1.54, 1.807) is 40.0 Å². The maximum Gasteiger partial charge on any atom is 0.407 e. The summed E-state index contributed by atoms with van der Waals surface area (Å²) in [6.07, 6.45) is -0.502. The van der Waals surface area contributed by atoms with E-state index in [0.29, 0.717) is 30.5 Å². The number of ether oxygens (including phenoxy) is 4. The summed E-state index contributed by atoms with van der Waals surface area (Å²) in [6, 6.07) is 3.17. The number of benzene rings is 1. The Balaban J connectivity index is 2.05. The third-order valence-corrected chi connectivity index (χ3v) is 3.14. The van der Waals surface area contributed by atoms with Crippen LogP contribution in [0.4, 0.5) is 4.79 Å². The Morgan fingerprint density at radius 2 is 2.04 bits per heavy atom. The van der Waals surface area contributed by atoms with Gasteiger partial charge in [0.05, 0.1) is 7.11 Å². The third kappa shape index (κ3) is 4.66. The second-order valence-corrected chi connectivity index (χ2v) is 6.24. The van der Waals surface area contributed by atoms with Gasteiger partial charge in [-0.2, -0.15) is 0 Å². The summed E-state index contributed by atoms with van der Waals surface area (Å²) in [5, 5.41) is 2.66. The summed E-state index contributed by atoms with van der Waals surface area (Å²) in [6.45, 7) is 6.60. The summed E-state index contributed by atoms with van der Waals surface area (Å²) in [4.78, 5) is 11.7. The number of hydrogen-bond acceptors (Lipinski definition) is 6. The SMILES string of the molecule is COc1cc(C(N)CNC(=O)OC(C)(C)C)cc2c1OCCO2. The molecule has 0 spiro atoms. The molecule has 0 aliphatic carbocycles. The molecule has 23 heavy (non-hydrogen) atoms. The lowest BCUT2D eigenvalue weighted by atomic mass is 10.1. The third-order valence-electron chi connectivity index (χ3n) is 3.14. The highest BCUT2D eigenvalue weighted by Gasteiger charge is 2.21. The van der Waals surface area contributed by atoms with Crippen LogP contribution in [0.1, 0.15) is 32.4 Å². The van der Waals surface area contributed by atoms with Crippen LogP contribution in [0.15, 0.2) is 12.1 Å². The summed E-state index contributed by atoms with van der Waals surface area (Å²) in [5.41, 5.74) is 6.37. The summed E-state index contributed by atoms with van der Waals surface area (Å²) >= 11 is 0. The van der Waals surface area contributed by atoms with Crippen LogP contribution >= 0.6 is 0 Å². The predicted octanol–water partition coefficient (Wildman–Crippen LogP) is 1.99. The fourth-order valence-electron chi connectivity index (χ4n) is 2.13. The zero-order chi connectivity index (χ0) is 17.0. The fraction of sp³-hybridized carbons (Fsp3) is 0.562. The molecule has 1 heterocycles. The first-order valence-corrected chi connectivity index (χ1v) is 7.50. The highest BCUT2D eigenvalue weighted by atomic mass is 16.6. The van der Waals surface area contributed by atoms with E-state index in [1.165, 1.54) is 0 Å². The van der Waals surface area contributed by atoms with Crippen molar-refractivity contribution in [2.45, 2.75) is 32.4 Å². The van der Waals surface area contributed by atoms with E-state index in [2.05, 4.69) is 5.32 Å². The average Bonchev–Trinajstić information content (AvgIpc) is 2.49. The number of nitrogens with two attached hydrogens (primary N) is 1. The molecule has 128 valence electrons. The Morgan fingerprint density at radius 1 is 1.35 bits per heavy atom. The number of hydrogen-bond donors (Lipinski definition) is 2. The minimum Gasteiger partial charge on any atom is -0.493 e. The number of alkyl carbamates (subject to hydrolysis) is 1. The van der Waals surface area contributed by atoms with E-state index in [9.17, 15) is 4.79 Å². The van der Waals surface area contributed by atoms with Crippen molar-refractivity contribution in [1.29, 1.82) is 0 Å². The molecule has 7 nitrogen and oxygen atoms in total. The van der Waals surface area contributed by atoms with Crippen molar-refractivity contribution in [1.82, 2.24) is 5.32 Å². The lowest BCUT2D eigenvalue weighted by molar-refractivity contribution is 0.0524. The molecule has 0 saturated heterocycles. The van der Waals surface area contributed by atoms with Crippen LogP contribution in [0, 0.1) is 0 Å². The van der Waals surface area contributed by atoms with Gasteiger partial charge in [-0.25, -0.2) is 4.79 Å². The molecule has 1 aliphatic heterocycles.